The number of hydrogen-bond acceptors (Lipinski definition) is 8. The number of nitrogens with one attached hydrogen (secondary N) is 2. The molecule has 3 heterocycles. The van der Waals surface area contributed by atoms with Crippen molar-refractivity contribution < 1.29 is 19.1 Å². The fraction of sp³-hybridized carbons (Fsp3) is 0.263. The van der Waals surface area contributed by atoms with Gasteiger partial charge in [0.15, 0.2) is 0 Å². The van der Waals surface area contributed by atoms with Crippen LogP contribution >= 0.6 is 11.3 Å². The molecule has 29 heavy (non-hydrogen) atoms. The number of nitrogens with zero attached hydrogens (tertiary/aromatic N) is 2. The standard InChI is InChI=1S/C19H21N5O4S/c1-21-10-14-17(20)19(26)23-4-5-27-6-7-28-16-9-12(2-3-22-16)15-8-13(11-29-15)18(25)24-14/h2-3,8-11H,4-7,20H2,1H3,(H,23,26)(H,24,25). The van der Waals surface area contributed by atoms with Crippen molar-refractivity contribution in [2.45, 2.75) is 0 Å². The molecule has 4 bridgehead atoms. The van der Waals surface area contributed by atoms with Crippen LogP contribution in [0.3, 0.4) is 0 Å². The quantitative estimate of drug-likeness (QED) is 0.595. The van der Waals surface area contributed by atoms with Gasteiger partial charge in [0.05, 0.1) is 24.5 Å². The number of amides is 2. The Morgan fingerprint density at radius 3 is 2.90 bits per heavy atom. The normalized spacial score (nSPS) is 16.6. The number of aliphatic imine (C=N–C) groups is 1. The van der Waals surface area contributed by atoms with Gasteiger partial charge in [-0.25, -0.2) is 4.98 Å². The number of allylic oxidation sites excluding steroid dienone is 1. The van der Waals surface area contributed by atoms with E-state index in [1.165, 1.54) is 24.6 Å². The highest BCUT2D eigenvalue weighted by atomic mass is 32.1. The van der Waals surface area contributed by atoms with E-state index in [0.29, 0.717) is 24.7 Å². The lowest BCUT2D eigenvalue weighted by atomic mass is 10.2. The van der Waals surface area contributed by atoms with Crippen molar-refractivity contribution in [1.29, 1.82) is 0 Å². The maximum absolute atomic E-state index is 12.6. The first-order valence-corrected chi connectivity index (χ1v) is 9.73. The summed E-state index contributed by atoms with van der Waals surface area (Å²) in [7, 11) is 1.52. The zero-order chi connectivity index (χ0) is 20.6. The van der Waals surface area contributed by atoms with Crippen molar-refractivity contribution in [2.75, 3.05) is 33.4 Å². The number of ether oxygens (including phenoxy) is 2. The second-order valence-corrected chi connectivity index (χ2v) is 6.88. The molecule has 4 N–H and O–H groups in total. The van der Waals surface area contributed by atoms with E-state index in [4.69, 9.17) is 15.2 Å². The average Bonchev–Trinajstić information content (AvgIpc) is 3.22. The molecule has 2 amide bonds. The Balaban J connectivity index is 1.92. The van der Waals surface area contributed by atoms with Crippen molar-refractivity contribution in [3.05, 3.63) is 46.7 Å². The zero-order valence-corrected chi connectivity index (χ0v) is 16.6. The number of rotatable bonds is 1. The second-order valence-electron chi connectivity index (χ2n) is 5.97. The molecule has 1 aliphatic heterocycles. The highest BCUT2D eigenvalue weighted by Crippen LogP contribution is 2.29. The van der Waals surface area contributed by atoms with Crippen LogP contribution in [0.15, 0.2) is 46.2 Å². The first-order chi connectivity index (χ1) is 14.1. The molecule has 0 saturated heterocycles. The summed E-state index contributed by atoms with van der Waals surface area (Å²) in [6, 6.07) is 5.40. The van der Waals surface area contributed by atoms with Crippen LogP contribution in [0.4, 0.5) is 0 Å². The van der Waals surface area contributed by atoms with Crippen molar-refractivity contribution >= 4 is 29.4 Å². The molecule has 9 nitrogen and oxygen atoms in total. The minimum atomic E-state index is -0.522. The molecule has 0 radical (unpaired) electrons. The molecule has 10 heteroatoms. The number of hydrogen-bond donors (Lipinski definition) is 3. The second kappa shape index (κ2) is 9.80. The zero-order valence-electron chi connectivity index (χ0n) is 15.8. The highest BCUT2D eigenvalue weighted by molar-refractivity contribution is 7.13. The molecular weight excluding hydrogens is 394 g/mol. The van der Waals surface area contributed by atoms with Gasteiger partial charge in [-0.2, -0.15) is 0 Å². The molecule has 3 rings (SSSR count). The van der Waals surface area contributed by atoms with Crippen LogP contribution in [-0.4, -0.2) is 56.4 Å². The lowest BCUT2D eigenvalue weighted by molar-refractivity contribution is -0.117. The Morgan fingerprint density at radius 1 is 1.21 bits per heavy atom. The smallest absolute Gasteiger partial charge is 0.269 e. The van der Waals surface area contributed by atoms with Gasteiger partial charge in [-0.05, 0) is 17.7 Å². The van der Waals surface area contributed by atoms with E-state index >= 15 is 0 Å². The fourth-order valence-electron chi connectivity index (χ4n) is 2.50. The summed E-state index contributed by atoms with van der Waals surface area (Å²) in [6.07, 6.45) is 2.99. The molecular formula is C19H21N5O4S. The van der Waals surface area contributed by atoms with E-state index < -0.39 is 11.8 Å². The summed E-state index contributed by atoms with van der Waals surface area (Å²) in [5.74, 6) is -0.448. The molecule has 0 spiro atoms. The largest absolute Gasteiger partial charge is 0.475 e. The lowest BCUT2D eigenvalue weighted by Gasteiger charge is -2.11. The number of fused-ring (bicyclic) bond motifs is 5. The van der Waals surface area contributed by atoms with Crippen LogP contribution in [0.5, 0.6) is 5.88 Å². The molecule has 2 aromatic heterocycles. The van der Waals surface area contributed by atoms with E-state index in [2.05, 4.69) is 20.6 Å². The Hall–Kier alpha value is -3.24. The van der Waals surface area contributed by atoms with Gasteiger partial charge in [-0.3, -0.25) is 14.6 Å². The number of carbonyl (C=O) groups excluding carboxylic acids is 2. The average molecular weight is 415 g/mol. The number of aromatic nitrogens is 1. The van der Waals surface area contributed by atoms with Gasteiger partial charge in [-0.1, -0.05) is 0 Å². The van der Waals surface area contributed by atoms with Crippen molar-refractivity contribution in [1.82, 2.24) is 15.6 Å². The number of pyridine rings is 1. The van der Waals surface area contributed by atoms with E-state index in [1.807, 2.05) is 12.1 Å². The topological polar surface area (TPSA) is 128 Å². The van der Waals surface area contributed by atoms with E-state index in [1.54, 1.807) is 17.6 Å². The monoisotopic (exact) mass is 415 g/mol. The summed E-state index contributed by atoms with van der Waals surface area (Å²) >= 11 is 1.41. The first-order valence-electron chi connectivity index (χ1n) is 8.85. The minimum absolute atomic E-state index is 0.129. The Labute approximate surface area is 171 Å². The number of carbonyl (C=O) groups is 2. The van der Waals surface area contributed by atoms with Crippen LogP contribution in [-0.2, 0) is 9.53 Å². The van der Waals surface area contributed by atoms with Crippen LogP contribution < -0.4 is 21.1 Å². The number of nitrogens with two attached hydrogens (primary N) is 1. The number of thiophene rings is 1. The van der Waals surface area contributed by atoms with Gasteiger partial charge >= 0.3 is 0 Å². The summed E-state index contributed by atoms with van der Waals surface area (Å²) in [5.41, 5.74) is 7.23. The molecule has 0 atom stereocenters. The lowest BCUT2D eigenvalue weighted by Crippen LogP contribution is -2.36. The van der Waals surface area contributed by atoms with Crippen LogP contribution in [0.25, 0.3) is 10.4 Å². The Bertz CT molecular complexity index is 954. The Kier molecular flexibility index (Phi) is 6.93. The fourth-order valence-corrected chi connectivity index (χ4v) is 3.39. The molecule has 0 unspecified atom stereocenters. The third kappa shape index (κ3) is 5.39. The summed E-state index contributed by atoms with van der Waals surface area (Å²) < 4.78 is 11.0. The molecule has 152 valence electrons. The molecule has 0 aromatic carbocycles. The molecule has 2 aromatic rings. The molecule has 0 aliphatic carbocycles. The third-order valence-corrected chi connectivity index (χ3v) is 4.91. The summed E-state index contributed by atoms with van der Waals surface area (Å²) in [4.78, 5) is 33.8. The van der Waals surface area contributed by atoms with Crippen LogP contribution in [0.1, 0.15) is 10.4 Å². The van der Waals surface area contributed by atoms with Crippen molar-refractivity contribution in [3.8, 4) is 16.3 Å². The van der Waals surface area contributed by atoms with Gasteiger partial charge in [0.25, 0.3) is 11.8 Å². The van der Waals surface area contributed by atoms with Crippen LogP contribution in [0.2, 0.25) is 0 Å². The molecule has 0 saturated carbocycles. The maximum atomic E-state index is 12.6. The van der Waals surface area contributed by atoms with E-state index in [9.17, 15) is 9.59 Å². The van der Waals surface area contributed by atoms with Crippen molar-refractivity contribution in [2.24, 2.45) is 10.7 Å². The predicted octanol–water partition coefficient (Wildman–Crippen LogP) is 0.936. The minimum Gasteiger partial charge on any atom is -0.475 e. The SMILES string of the molecule is CN=CC1=C(N)C(=O)NCCOCCOc2cc(ccn2)-c2cc(cs2)C(=O)N1. The van der Waals surface area contributed by atoms with Gasteiger partial charge in [-0.15, -0.1) is 11.3 Å². The highest BCUT2D eigenvalue weighted by Gasteiger charge is 2.16. The Morgan fingerprint density at radius 2 is 2.07 bits per heavy atom. The van der Waals surface area contributed by atoms with Gasteiger partial charge in [0.2, 0.25) is 5.88 Å². The van der Waals surface area contributed by atoms with Gasteiger partial charge in [0.1, 0.15) is 12.3 Å². The van der Waals surface area contributed by atoms with E-state index in [-0.39, 0.29) is 24.5 Å². The molecule has 0 fully saturated rings. The van der Waals surface area contributed by atoms with Gasteiger partial charge < -0.3 is 25.8 Å². The summed E-state index contributed by atoms with van der Waals surface area (Å²) in [5, 5.41) is 7.01. The van der Waals surface area contributed by atoms with Crippen LogP contribution in [0, 0.1) is 0 Å². The van der Waals surface area contributed by atoms with E-state index in [0.717, 1.165) is 10.4 Å². The molecule has 1 aliphatic rings. The predicted molar refractivity (Wildman–Crippen MR) is 110 cm³/mol. The summed E-state index contributed by atoms with van der Waals surface area (Å²) in [6.45, 7) is 1.21. The third-order valence-electron chi connectivity index (χ3n) is 3.93. The maximum Gasteiger partial charge on any atom is 0.269 e. The van der Waals surface area contributed by atoms with Crippen molar-refractivity contribution in [3.63, 3.8) is 0 Å². The van der Waals surface area contributed by atoms with Gasteiger partial charge in [0, 0.05) is 42.3 Å². The first kappa shape index (κ1) is 20.5.